The molecule has 1 unspecified atom stereocenters. The van der Waals surface area contributed by atoms with E-state index in [9.17, 15) is 0 Å². The molecule has 0 spiro atoms. The van der Waals surface area contributed by atoms with Gasteiger partial charge in [-0.1, -0.05) is 26.0 Å². The molecule has 1 aliphatic carbocycles. The summed E-state index contributed by atoms with van der Waals surface area (Å²) in [5.41, 5.74) is 2.44. The van der Waals surface area contributed by atoms with Crippen LogP contribution in [0.3, 0.4) is 0 Å². The van der Waals surface area contributed by atoms with E-state index < -0.39 is 0 Å². The number of guanidine groups is 1. The van der Waals surface area contributed by atoms with Crippen molar-refractivity contribution in [1.82, 2.24) is 20.4 Å². The molecule has 0 aromatic heterocycles. The highest BCUT2D eigenvalue weighted by Crippen LogP contribution is 2.27. The molecule has 1 atom stereocenters. The molecule has 2 aliphatic rings. The quantitative estimate of drug-likeness (QED) is 0.289. The number of ether oxygens (including phenoxy) is 1. The normalized spacial score (nSPS) is 19.6. The minimum absolute atomic E-state index is 0. The zero-order valence-corrected chi connectivity index (χ0v) is 23.0. The van der Waals surface area contributed by atoms with E-state index in [0.717, 1.165) is 44.4 Å². The van der Waals surface area contributed by atoms with Crippen molar-refractivity contribution in [2.45, 2.75) is 65.1 Å². The van der Waals surface area contributed by atoms with Crippen LogP contribution in [-0.4, -0.2) is 74.7 Å². The Balaban J connectivity index is 0.00000363. The summed E-state index contributed by atoms with van der Waals surface area (Å²) >= 11 is 0. The van der Waals surface area contributed by atoms with E-state index in [1.54, 1.807) is 0 Å². The molecule has 6 nitrogen and oxygen atoms in total. The van der Waals surface area contributed by atoms with E-state index in [4.69, 9.17) is 4.74 Å². The lowest BCUT2D eigenvalue weighted by Gasteiger charge is -2.40. The standard InChI is InChI=1S/C25H43N5O.HI/c1-19(2)23(30-14-12-29(5)13-15-30)18-28-25(26-4)27-17-21-11-10-20(3)16-24(21)31-22-8-6-7-9-22;/h10-11,16,19,22-23H,6-9,12-15,17-18H2,1-5H3,(H2,26,27,28);1H. The first-order chi connectivity index (χ1) is 15.0. The molecule has 0 bridgehead atoms. The van der Waals surface area contributed by atoms with Crippen molar-refractivity contribution in [3.8, 4) is 5.75 Å². The van der Waals surface area contributed by atoms with Gasteiger partial charge in [-0.3, -0.25) is 9.89 Å². The SMILES string of the molecule is CN=C(NCc1ccc(C)cc1OC1CCCC1)NCC(C(C)C)N1CCN(C)CC1.I. The smallest absolute Gasteiger partial charge is 0.191 e. The molecule has 3 rings (SSSR count). The zero-order chi connectivity index (χ0) is 22.2. The molecule has 1 aromatic carbocycles. The molecular formula is C25H44IN5O. The first kappa shape index (κ1) is 27.2. The summed E-state index contributed by atoms with van der Waals surface area (Å²) in [5, 5.41) is 7.08. The molecule has 0 amide bonds. The van der Waals surface area contributed by atoms with Gasteiger partial charge in [-0.25, -0.2) is 0 Å². The van der Waals surface area contributed by atoms with Crippen LogP contribution in [0.2, 0.25) is 0 Å². The summed E-state index contributed by atoms with van der Waals surface area (Å²) in [5.74, 6) is 2.47. The van der Waals surface area contributed by atoms with Crippen molar-refractivity contribution in [3.05, 3.63) is 29.3 Å². The second-order valence-corrected chi connectivity index (χ2v) is 9.59. The van der Waals surface area contributed by atoms with Crippen LogP contribution in [0, 0.1) is 12.8 Å². The average molecular weight is 558 g/mol. The minimum atomic E-state index is 0. The van der Waals surface area contributed by atoms with Gasteiger partial charge in [0, 0.05) is 57.9 Å². The molecule has 2 fully saturated rings. The Hall–Kier alpha value is -1.06. The molecule has 2 N–H and O–H groups in total. The molecule has 1 saturated heterocycles. The number of likely N-dealkylation sites (N-methyl/N-ethyl adjacent to an activating group) is 1. The number of aliphatic imine (C=N–C) groups is 1. The first-order valence-corrected chi connectivity index (χ1v) is 12.1. The molecule has 182 valence electrons. The number of halogens is 1. The second-order valence-electron chi connectivity index (χ2n) is 9.59. The highest BCUT2D eigenvalue weighted by atomic mass is 127. The summed E-state index contributed by atoms with van der Waals surface area (Å²) in [4.78, 5) is 9.50. The average Bonchev–Trinajstić information content (AvgIpc) is 3.25. The molecule has 1 aromatic rings. The molecule has 7 heteroatoms. The number of nitrogens with zero attached hydrogens (tertiary/aromatic N) is 3. The van der Waals surface area contributed by atoms with Gasteiger partial charge < -0.3 is 20.3 Å². The van der Waals surface area contributed by atoms with E-state index in [2.05, 4.69) is 71.4 Å². The minimum Gasteiger partial charge on any atom is -0.490 e. The van der Waals surface area contributed by atoms with Crippen LogP contribution in [0.5, 0.6) is 5.75 Å². The third-order valence-corrected chi connectivity index (χ3v) is 6.74. The van der Waals surface area contributed by atoms with Crippen LogP contribution in [-0.2, 0) is 6.54 Å². The predicted molar refractivity (Wildman–Crippen MR) is 145 cm³/mol. The number of aryl methyl sites for hydroxylation is 1. The summed E-state index contributed by atoms with van der Waals surface area (Å²) in [6.07, 6.45) is 5.28. The van der Waals surface area contributed by atoms with Gasteiger partial charge in [-0.05, 0) is 57.2 Å². The number of benzene rings is 1. The van der Waals surface area contributed by atoms with Gasteiger partial charge in [-0.15, -0.1) is 24.0 Å². The number of piperazine rings is 1. The maximum absolute atomic E-state index is 6.36. The topological polar surface area (TPSA) is 52.1 Å². The van der Waals surface area contributed by atoms with Crippen LogP contribution < -0.4 is 15.4 Å². The second kappa shape index (κ2) is 13.6. The Morgan fingerprint density at radius 2 is 1.81 bits per heavy atom. The Kier molecular flexibility index (Phi) is 11.6. The van der Waals surface area contributed by atoms with Crippen LogP contribution in [0.4, 0.5) is 0 Å². The Morgan fingerprint density at radius 1 is 1.12 bits per heavy atom. The third-order valence-electron chi connectivity index (χ3n) is 6.74. The lowest BCUT2D eigenvalue weighted by molar-refractivity contribution is 0.0900. The van der Waals surface area contributed by atoms with Crippen molar-refractivity contribution >= 4 is 29.9 Å². The molecule has 32 heavy (non-hydrogen) atoms. The molecule has 1 heterocycles. The maximum atomic E-state index is 6.36. The largest absolute Gasteiger partial charge is 0.490 e. The van der Waals surface area contributed by atoms with Gasteiger partial charge in [0.15, 0.2) is 5.96 Å². The fourth-order valence-corrected chi connectivity index (χ4v) is 4.64. The van der Waals surface area contributed by atoms with Crippen molar-refractivity contribution in [1.29, 1.82) is 0 Å². The van der Waals surface area contributed by atoms with Gasteiger partial charge in [0.05, 0.1) is 6.10 Å². The van der Waals surface area contributed by atoms with Crippen molar-refractivity contribution < 1.29 is 4.74 Å². The summed E-state index contributed by atoms with van der Waals surface area (Å²) in [7, 11) is 4.06. The first-order valence-electron chi connectivity index (χ1n) is 12.1. The number of rotatable bonds is 8. The summed E-state index contributed by atoms with van der Waals surface area (Å²) in [6, 6.07) is 7.03. The van der Waals surface area contributed by atoms with Gasteiger partial charge in [0.1, 0.15) is 5.75 Å². The molecular weight excluding hydrogens is 513 g/mol. The molecule has 0 radical (unpaired) electrons. The van der Waals surface area contributed by atoms with Gasteiger partial charge in [0.2, 0.25) is 0 Å². The Bertz CT molecular complexity index is 712. The summed E-state index contributed by atoms with van der Waals surface area (Å²) in [6.45, 7) is 12.9. The van der Waals surface area contributed by atoms with Crippen LogP contribution >= 0.6 is 24.0 Å². The third kappa shape index (κ3) is 8.06. The maximum Gasteiger partial charge on any atom is 0.191 e. The Labute approximate surface area is 212 Å². The molecule has 1 aliphatic heterocycles. The molecule has 1 saturated carbocycles. The Morgan fingerprint density at radius 3 is 2.44 bits per heavy atom. The fraction of sp³-hybridized carbons (Fsp3) is 0.720. The van der Waals surface area contributed by atoms with E-state index in [0.29, 0.717) is 24.6 Å². The fourth-order valence-electron chi connectivity index (χ4n) is 4.64. The monoisotopic (exact) mass is 557 g/mol. The number of hydrogen-bond donors (Lipinski definition) is 2. The summed E-state index contributed by atoms with van der Waals surface area (Å²) < 4.78 is 6.36. The van der Waals surface area contributed by atoms with Crippen molar-refractivity contribution in [3.63, 3.8) is 0 Å². The lowest BCUT2D eigenvalue weighted by atomic mass is 10.0. The van der Waals surface area contributed by atoms with E-state index in [1.807, 2.05) is 7.05 Å². The number of hydrogen-bond acceptors (Lipinski definition) is 4. The van der Waals surface area contributed by atoms with Gasteiger partial charge in [-0.2, -0.15) is 0 Å². The van der Waals surface area contributed by atoms with E-state index >= 15 is 0 Å². The highest BCUT2D eigenvalue weighted by Gasteiger charge is 2.25. The van der Waals surface area contributed by atoms with E-state index in [1.165, 1.54) is 36.8 Å². The van der Waals surface area contributed by atoms with Crippen LogP contribution in [0.1, 0.15) is 50.7 Å². The van der Waals surface area contributed by atoms with Gasteiger partial charge >= 0.3 is 0 Å². The zero-order valence-electron chi connectivity index (χ0n) is 20.7. The predicted octanol–water partition coefficient (Wildman–Crippen LogP) is 3.87. The van der Waals surface area contributed by atoms with Gasteiger partial charge in [0.25, 0.3) is 0 Å². The lowest BCUT2D eigenvalue weighted by Crippen LogP contribution is -2.55. The highest BCUT2D eigenvalue weighted by molar-refractivity contribution is 14.0. The van der Waals surface area contributed by atoms with Crippen LogP contribution in [0.25, 0.3) is 0 Å². The van der Waals surface area contributed by atoms with Crippen molar-refractivity contribution in [2.75, 3.05) is 46.8 Å². The number of nitrogens with one attached hydrogen (secondary N) is 2. The van der Waals surface area contributed by atoms with Crippen LogP contribution in [0.15, 0.2) is 23.2 Å². The van der Waals surface area contributed by atoms with Crippen molar-refractivity contribution in [2.24, 2.45) is 10.9 Å². The van der Waals surface area contributed by atoms with E-state index in [-0.39, 0.29) is 24.0 Å².